The number of hydrogen-bond acceptors (Lipinski definition) is 4. The summed E-state index contributed by atoms with van der Waals surface area (Å²) in [5.41, 5.74) is 1.73. The van der Waals surface area contributed by atoms with Gasteiger partial charge in [0.2, 0.25) is 11.8 Å². The summed E-state index contributed by atoms with van der Waals surface area (Å²) in [5, 5.41) is 16.5. The van der Waals surface area contributed by atoms with Crippen molar-refractivity contribution < 1.29 is 19.5 Å². The smallest absolute Gasteiger partial charge is 0.331 e. The van der Waals surface area contributed by atoms with Gasteiger partial charge in [0.25, 0.3) is 0 Å². The van der Waals surface area contributed by atoms with Gasteiger partial charge in [0.1, 0.15) is 6.04 Å². The summed E-state index contributed by atoms with van der Waals surface area (Å²) >= 11 is 0. The third kappa shape index (κ3) is 5.98. The second kappa shape index (κ2) is 11.7. The number of aliphatic carboxylic acids is 1. The molecular weight excluding hydrogens is 456 g/mol. The van der Waals surface area contributed by atoms with E-state index in [4.69, 9.17) is 0 Å². The second-order valence-corrected chi connectivity index (χ2v) is 10.4. The zero-order valence-corrected chi connectivity index (χ0v) is 23.0. The van der Waals surface area contributed by atoms with E-state index >= 15 is 0 Å². The van der Waals surface area contributed by atoms with Gasteiger partial charge in [-0.3, -0.25) is 9.59 Å². The molecule has 0 fully saturated rings. The highest BCUT2D eigenvalue weighted by atomic mass is 16.4. The molecule has 2 rings (SSSR count). The van der Waals surface area contributed by atoms with Crippen LogP contribution in [0.5, 0.6) is 0 Å². The summed E-state index contributed by atoms with van der Waals surface area (Å²) in [6.45, 7) is 11.3. The number of carboxylic acid groups (broad SMARTS) is 1. The highest BCUT2D eigenvalue weighted by Crippen LogP contribution is 2.34. The van der Waals surface area contributed by atoms with E-state index in [-0.39, 0.29) is 23.3 Å². The number of carboxylic acids is 1. The van der Waals surface area contributed by atoms with Crippen LogP contribution in [0.3, 0.4) is 0 Å². The number of nitrogens with zero attached hydrogens (tertiary/aromatic N) is 2. The van der Waals surface area contributed by atoms with E-state index in [1.54, 1.807) is 20.2 Å². The molecule has 198 valence electrons. The fraction of sp³-hybridized carbons (Fsp3) is 0.536. The Bertz CT molecular complexity index is 1130. The van der Waals surface area contributed by atoms with Crippen LogP contribution in [-0.2, 0) is 26.8 Å². The number of para-hydroxylation sites is 1. The molecule has 3 N–H and O–H groups in total. The SMILES string of the molecule is CC[C@H](NC(=O)C(NC)C(C)(C)c1cn(C)c2ccccc12)C(=O)N(C)[C@H](C=C(C)C(=O)O)C(C)C. The van der Waals surface area contributed by atoms with E-state index in [9.17, 15) is 19.5 Å². The number of rotatable bonds is 11. The summed E-state index contributed by atoms with van der Waals surface area (Å²) < 4.78 is 2.06. The van der Waals surface area contributed by atoms with Crippen LogP contribution in [0.1, 0.15) is 53.5 Å². The first-order valence-corrected chi connectivity index (χ1v) is 12.5. The van der Waals surface area contributed by atoms with Gasteiger partial charge in [-0.1, -0.05) is 58.9 Å². The quantitative estimate of drug-likeness (QED) is 0.412. The van der Waals surface area contributed by atoms with Crippen LogP contribution in [0.15, 0.2) is 42.1 Å². The van der Waals surface area contributed by atoms with Gasteiger partial charge >= 0.3 is 5.97 Å². The Morgan fingerprint density at radius 1 is 1.19 bits per heavy atom. The third-order valence-electron chi connectivity index (χ3n) is 7.12. The molecule has 0 saturated carbocycles. The van der Waals surface area contributed by atoms with Crippen molar-refractivity contribution in [2.24, 2.45) is 13.0 Å². The Morgan fingerprint density at radius 2 is 1.81 bits per heavy atom. The molecule has 8 nitrogen and oxygen atoms in total. The van der Waals surface area contributed by atoms with E-state index in [0.29, 0.717) is 6.42 Å². The van der Waals surface area contributed by atoms with Crippen molar-refractivity contribution >= 4 is 28.7 Å². The molecule has 0 bridgehead atoms. The highest BCUT2D eigenvalue weighted by molar-refractivity contribution is 5.92. The largest absolute Gasteiger partial charge is 0.478 e. The van der Waals surface area contributed by atoms with Gasteiger partial charge in [0.15, 0.2) is 0 Å². The van der Waals surface area contributed by atoms with Crippen LogP contribution in [0.25, 0.3) is 10.9 Å². The number of carbonyl (C=O) groups is 3. The standard InChI is InChI=1S/C28H42N4O4/c1-10-21(26(34)32(9)23(17(2)3)15-18(4)27(35)36)30-25(33)24(29-7)28(5,6)20-16-31(8)22-14-12-11-13-19(20)22/h11-17,21,23-24,29H,10H2,1-9H3,(H,30,33)(H,35,36)/t21-,23+,24?/m0/s1. The van der Waals surface area contributed by atoms with Gasteiger partial charge in [0.05, 0.1) is 12.1 Å². The van der Waals surface area contributed by atoms with Crippen molar-refractivity contribution in [1.82, 2.24) is 20.1 Å². The molecule has 3 atom stereocenters. The van der Waals surface area contributed by atoms with Gasteiger partial charge in [-0.25, -0.2) is 4.79 Å². The minimum Gasteiger partial charge on any atom is -0.478 e. The van der Waals surface area contributed by atoms with E-state index in [0.717, 1.165) is 16.5 Å². The van der Waals surface area contributed by atoms with Crippen molar-refractivity contribution in [3.05, 3.63) is 47.7 Å². The van der Waals surface area contributed by atoms with Crippen molar-refractivity contribution in [3.63, 3.8) is 0 Å². The van der Waals surface area contributed by atoms with Crippen molar-refractivity contribution in [1.29, 1.82) is 0 Å². The first-order valence-electron chi connectivity index (χ1n) is 12.5. The molecule has 8 heteroatoms. The lowest BCUT2D eigenvalue weighted by atomic mass is 9.77. The molecule has 2 aromatic rings. The number of likely N-dealkylation sites (N-methyl/N-ethyl adjacent to an activating group) is 2. The average Bonchev–Trinajstić information content (AvgIpc) is 3.17. The maximum atomic E-state index is 13.6. The summed E-state index contributed by atoms with van der Waals surface area (Å²) in [6, 6.07) is 6.36. The minimum atomic E-state index is -1.02. The Hall–Kier alpha value is -3.13. The van der Waals surface area contributed by atoms with Crippen LogP contribution in [-0.4, -0.2) is 64.6 Å². The lowest BCUT2D eigenvalue weighted by Gasteiger charge is -2.36. The monoisotopic (exact) mass is 498 g/mol. The molecule has 0 saturated heterocycles. The number of carbonyl (C=O) groups excluding carboxylic acids is 2. The predicted octanol–water partition coefficient (Wildman–Crippen LogP) is 3.45. The van der Waals surface area contributed by atoms with Crippen molar-refractivity contribution in [3.8, 4) is 0 Å². The summed E-state index contributed by atoms with van der Waals surface area (Å²) in [5.74, 6) is -1.54. The molecule has 36 heavy (non-hydrogen) atoms. The van der Waals surface area contributed by atoms with Gasteiger partial charge in [-0.05, 0) is 37.9 Å². The zero-order chi connectivity index (χ0) is 27.4. The molecular formula is C28H42N4O4. The Kier molecular flexibility index (Phi) is 9.49. The van der Waals surface area contributed by atoms with E-state index in [1.165, 1.54) is 11.8 Å². The number of fused-ring (bicyclic) bond motifs is 1. The molecule has 1 unspecified atom stereocenters. The molecule has 1 aromatic heterocycles. The molecule has 0 spiro atoms. The number of hydrogen-bond donors (Lipinski definition) is 3. The van der Waals surface area contributed by atoms with Crippen LogP contribution in [0, 0.1) is 5.92 Å². The van der Waals surface area contributed by atoms with Gasteiger partial charge in [-0.2, -0.15) is 0 Å². The Balaban J connectivity index is 2.31. The number of benzene rings is 1. The van der Waals surface area contributed by atoms with Crippen molar-refractivity contribution in [2.75, 3.05) is 14.1 Å². The number of amides is 2. The fourth-order valence-electron chi connectivity index (χ4n) is 4.90. The van der Waals surface area contributed by atoms with Crippen LogP contribution < -0.4 is 10.6 Å². The van der Waals surface area contributed by atoms with Gasteiger partial charge < -0.3 is 25.2 Å². The maximum Gasteiger partial charge on any atom is 0.331 e. The zero-order valence-electron chi connectivity index (χ0n) is 23.0. The first-order chi connectivity index (χ1) is 16.8. The van der Waals surface area contributed by atoms with Gasteiger partial charge in [0, 0.05) is 42.2 Å². The molecule has 0 aliphatic heterocycles. The first kappa shape index (κ1) is 29.1. The van der Waals surface area contributed by atoms with Crippen LogP contribution >= 0.6 is 0 Å². The molecule has 0 aliphatic carbocycles. The summed E-state index contributed by atoms with van der Waals surface area (Å²) in [6.07, 6.45) is 4.06. The summed E-state index contributed by atoms with van der Waals surface area (Å²) in [4.78, 5) is 39.9. The number of aromatic nitrogens is 1. The second-order valence-electron chi connectivity index (χ2n) is 10.4. The molecule has 1 aromatic carbocycles. The van der Waals surface area contributed by atoms with Crippen LogP contribution in [0.4, 0.5) is 0 Å². The number of nitrogens with one attached hydrogen (secondary N) is 2. The lowest BCUT2D eigenvalue weighted by molar-refractivity contribution is -0.138. The predicted molar refractivity (Wildman–Crippen MR) is 144 cm³/mol. The Morgan fingerprint density at radius 3 is 2.33 bits per heavy atom. The van der Waals surface area contributed by atoms with E-state index in [2.05, 4.69) is 33.5 Å². The molecule has 1 heterocycles. The highest BCUT2D eigenvalue weighted by Gasteiger charge is 2.39. The fourth-order valence-corrected chi connectivity index (χ4v) is 4.90. The molecule has 0 radical (unpaired) electrons. The van der Waals surface area contributed by atoms with E-state index < -0.39 is 29.5 Å². The minimum absolute atomic E-state index is 0.00295. The lowest BCUT2D eigenvalue weighted by Crippen LogP contribution is -2.58. The maximum absolute atomic E-state index is 13.6. The summed E-state index contributed by atoms with van der Waals surface area (Å²) in [7, 11) is 5.40. The van der Waals surface area contributed by atoms with E-state index in [1.807, 2.05) is 53.8 Å². The topological polar surface area (TPSA) is 104 Å². The number of aryl methyl sites for hydroxylation is 1. The average molecular weight is 499 g/mol. The Labute approximate surface area is 214 Å². The van der Waals surface area contributed by atoms with Crippen LogP contribution in [0.2, 0.25) is 0 Å². The van der Waals surface area contributed by atoms with Crippen molar-refractivity contribution in [2.45, 2.75) is 71.5 Å². The molecule has 0 aliphatic rings. The third-order valence-corrected chi connectivity index (χ3v) is 7.12. The molecule has 2 amide bonds. The van der Waals surface area contributed by atoms with Gasteiger partial charge in [-0.15, -0.1) is 0 Å². The normalized spacial score (nSPS) is 15.0.